The molecule has 18 heavy (non-hydrogen) atoms. The van der Waals surface area contributed by atoms with E-state index in [0.717, 1.165) is 24.3 Å². The molecule has 1 rings (SSSR count). The first kappa shape index (κ1) is 14.8. The molecule has 0 saturated carbocycles. The summed E-state index contributed by atoms with van der Waals surface area (Å²) in [6.45, 7) is 5.85. The normalized spacial score (nSPS) is 11.5. The number of hydrogen-bond donors (Lipinski definition) is 2. The third-order valence-electron chi connectivity index (χ3n) is 2.88. The summed E-state index contributed by atoms with van der Waals surface area (Å²) in [6.07, 6.45) is 0.222. The van der Waals surface area contributed by atoms with Gasteiger partial charge in [0.05, 0.1) is 5.75 Å². The van der Waals surface area contributed by atoms with Gasteiger partial charge in [-0.1, -0.05) is 0 Å². The van der Waals surface area contributed by atoms with E-state index in [4.69, 9.17) is 10.3 Å². The molecule has 0 amide bonds. The highest BCUT2D eigenvalue weighted by atomic mass is 32.2. The number of rotatable bonds is 6. The number of benzene rings is 1. The summed E-state index contributed by atoms with van der Waals surface area (Å²) in [5.74, 6) is -0.307. The number of hydrogen-bond acceptors (Lipinski definition) is 4. The molecule has 0 radical (unpaired) electrons. The average molecular weight is 272 g/mol. The third-order valence-corrected chi connectivity index (χ3v) is 3.60. The van der Waals surface area contributed by atoms with Crippen molar-refractivity contribution in [1.82, 2.24) is 0 Å². The molecule has 0 aliphatic heterocycles. The number of anilines is 2. The van der Waals surface area contributed by atoms with Crippen molar-refractivity contribution in [3.63, 3.8) is 0 Å². The van der Waals surface area contributed by atoms with E-state index in [1.807, 2.05) is 12.1 Å². The van der Waals surface area contributed by atoms with Gasteiger partial charge in [0.15, 0.2) is 0 Å². The Balaban J connectivity index is 2.94. The van der Waals surface area contributed by atoms with Crippen LogP contribution in [-0.4, -0.2) is 31.8 Å². The molecule has 0 fully saturated rings. The maximum absolute atomic E-state index is 10.8. The van der Waals surface area contributed by atoms with Gasteiger partial charge in [0.25, 0.3) is 10.1 Å². The summed E-state index contributed by atoms with van der Waals surface area (Å²) >= 11 is 0. The zero-order valence-corrected chi connectivity index (χ0v) is 11.6. The summed E-state index contributed by atoms with van der Waals surface area (Å²) in [7, 11) is -3.95. The Kier molecular flexibility index (Phi) is 4.98. The van der Waals surface area contributed by atoms with Crippen molar-refractivity contribution in [3.05, 3.63) is 23.8 Å². The minimum Gasteiger partial charge on any atom is -0.399 e. The monoisotopic (exact) mass is 272 g/mol. The van der Waals surface area contributed by atoms with Gasteiger partial charge in [0.2, 0.25) is 0 Å². The summed E-state index contributed by atoms with van der Waals surface area (Å²) in [5.41, 5.74) is 8.12. The van der Waals surface area contributed by atoms with Gasteiger partial charge in [-0.05, 0) is 44.0 Å². The molecule has 3 N–H and O–H groups in total. The lowest BCUT2D eigenvalue weighted by Crippen LogP contribution is -2.22. The van der Waals surface area contributed by atoms with E-state index in [2.05, 4.69) is 18.7 Å². The van der Waals surface area contributed by atoms with Crippen LogP contribution in [0.1, 0.15) is 19.4 Å². The molecular formula is C12H20N2O3S. The summed E-state index contributed by atoms with van der Waals surface area (Å²) in [5, 5.41) is 0. The molecule has 0 saturated heterocycles. The van der Waals surface area contributed by atoms with Gasteiger partial charge < -0.3 is 10.6 Å². The molecule has 5 nitrogen and oxygen atoms in total. The quantitative estimate of drug-likeness (QED) is 0.606. The lowest BCUT2D eigenvalue weighted by atomic mass is 10.1. The molecule has 0 bridgehead atoms. The largest absolute Gasteiger partial charge is 0.399 e. The van der Waals surface area contributed by atoms with Gasteiger partial charge in [-0.3, -0.25) is 4.55 Å². The molecule has 6 heteroatoms. The molecule has 0 aliphatic rings. The van der Waals surface area contributed by atoms with Crippen LogP contribution in [0, 0.1) is 0 Å². The Morgan fingerprint density at radius 1 is 1.28 bits per heavy atom. The van der Waals surface area contributed by atoms with E-state index in [9.17, 15) is 8.42 Å². The maximum Gasteiger partial charge on any atom is 0.265 e. The van der Waals surface area contributed by atoms with Crippen molar-refractivity contribution in [3.8, 4) is 0 Å². The van der Waals surface area contributed by atoms with Crippen LogP contribution >= 0.6 is 0 Å². The van der Waals surface area contributed by atoms with Gasteiger partial charge in [-0.15, -0.1) is 0 Å². The van der Waals surface area contributed by atoms with Gasteiger partial charge >= 0.3 is 0 Å². The first-order chi connectivity index (χ1) is 8.37. The fourth-order valence-corrected chi connectivity index (χ4v) is 2.31. The second kappa shape index (κ2) is 6.06. The summed E-state index contributed by atoms with van der Waals surface area (Å²) in [4.78, 5) is 2.15. The maximum atomic E-state index is 10.8. The molecule has 0 unspecified atom stereocenters. The predicted octanol–water partition coefficient (Wildman–Crippen LogP) is 1.55. The summed E-state index contributed by atoms with van der Waals surface area (Å²) in [6, 6.07) is 5.57. The standard InChI is InChI=1S/C12H20N2O3S/c1-3-14(4-2)11-5-6-12(13)10(9-11)7-8-18(15,16)17/h5-6,9H,3-4,7-8,13H2,1-2H3,(H,15,16,17). The Morgan fingerprint density at radius 2 is 1.89 bits per heavy atom. The van der Waals surface area contributed by atoms with Gasteiger partial charge in [0.1, 0.15) is 0 Å². The van der Waals surface area contributed by atoms with Gasteiger partial charge in [-0.2, -0.15) is 8.42 Å². The van der Waals surface area contributed by atoms with Crippen molar-refractivity contribution in [2.75, 3.05) is 29.5 Å². The molecule has 102 valence electrons. The van der Waals surface area contributed by atoms with Crippen molar-refractivity contribution in [2.45, 2.75) is 20.3 Å². The Hall–Kier alpha value is -1.27. The van der Waals surface area contributed by atoms with Crippen LogP contribution in [0.25, 0.3) is 0 Å². The highest BCUT2D eigenvalue weighted by Crippen LogP contribution is 2.22. The Bertz CT molecular complexity index is 496. The zero-order chi connectivity index (χ0) is 13.8. The van der Waals surface area contributed by atoms with Crippen LogP contribution in [0.2, 0.25) is 0 Å². The molecule has 0 aromatic heterocycles. The number of nitrogens with zero attached hydrogens (tertiary/aromatic N) is 1. The molecule has 0 spiro atoms. The van der Waals surface area contributed by atoms with Crippen LogP contribution in [0.3, 0.4) is 0 Å². The fourth-order valence-electron chi connectivity index (χ4n) is 1.83. The highest BCUT2D eigenvalue weighted by molar-refractivity contribution is 7.85. The van der Waals surface area contributed by atoms with Gasteiger partial charge in [-0.25, -0.2) is 0 Å². The zero-order valence-electron chi connectivity index (χ0n) is 10.8. The topological polar surface area (TPSA) is 83.6 Å². The van der Waals surface area contributed by atoms with E-state index in [-0.39, 0.29) is 12.2 Å². The summed E-state index contributed by atoms with van der Waals surface area (Å²) < 4.78 is 30.3. The first-order valence-electron chi connectivity index (χ1n) is 5.96. The SMILES string of the molecule is CCN(CC)c1ccc(N)c(CCS(=O)(=O)O)c1. The second-order valence-electron chi connectivity index (χ2n) is 4.09. The number of aryl methyl sites for hydroxylation is 1. The van der Waals surface area contributed by atoms with E-state index in [1.165, 1.54) is 0 Å². The molecule has 0 atom stereocenters. The van der Waals surface area contributed by atoms with E-state index in [1.54, 1.807) is 6.07 Å². The van der Waals surface area contributed by atoms with Crippen molar-refractivity contribution in [2.24, 2.45) is 0 Å². The average Bonchev–Trinajstić information content (AvgIpc) is 2.30. The van der Waals surface area contributed by atoms with Crippen LogP contribution < -0.4 is 10.6 Å². The smallest absolute Gasteiger partial charge is 0.265 e. The molecule has 1 aromatic carbocycles. The van der Waals surface area contributed by atoms with Crippen LogP contribution in [0.15, 0.2) is 18.2 Å². The molecule has 0 heterocycles. The van der Waals surface area contributed by atoms with Crippen LogP contribution in [-0.2, 0) is 16.5 Å². The Morgan fingerprint density at radius 3 is 2.39 bits per heavy atom. The van der Waals surface area contributed by atoms with Gasteiger partial charge in [0, 0.05) is 24.5 Å². The van der Waals surface area contributed by atoms with Crippen molar-refractivity contribution in [1.29, 1.82) is 0 Å². The van der Waals surface area contributed by atoms with Crippen molar-refractivity contribution < 1.29 is 13.0 Å². The van der Waals surface area contributed by atoms with Crippen molar-refractivity contribution >= 4 is 21.5 Å². The Labute approximate surface area is 108 Å². The lowest BCUT2D eigenvalue weighted by molar-refractivity contribution is 0.483. The molecule has 0 aliphatic carbocycles. The van der Waals surface area contributed by atoms with E-state index >= 15 is 0 Å². The molecule has 1 aromatic rings. The molecular weight excluding hydrogens is 252 g/mol. The number of nitrogens with two attached hydrogens (primary N) is 1. The highest BCUT2D eigenvalue weighted by Gasteiger charge is 2.10. The first-order valence-corrected chi connectivity index (χ1v) is 7.56. The lowest BCUT2D eigenvalue weighted by Gasteiger charge is -2.22. The fraction of sp³-hybridized carbons (Fsp3) is 0.500. The van der Waals surface area contributed by atoms with Crippen LogP contribution in [0.4, 0.5) is 11.4 Å². The number of nitrogen functional groups attached to an aromatic ring is 1. The van der Waals surface area contributed by atoms with E-state index in [0.29, 0.717) is 5.69 Å². The second-order valence-corrected chi connectivity index (χ2v) is 5.66. The minimum atomic E-state index is -3.95. The van der Waals surface area contributed by atoms with E-state index < -0.39 is 10.1 Å². The third kappa shape index (κ3) is 4.19. The van der Waals surface area contributed by atoms with Crippen LogP contribution in [0.5, 0.6) is 0 Å². The minimum absolute atomic E-state index is 0.222. The predicted molar refractivity (Wildman–Crippen MR) is 74.5 cm³/mol.